The summed E-state index contributed by atoms with van der Waals surface area (Å²) in [6, 6.07) is 11.4. The molecule has 0 aromatic heterocycles. The van der Waals surface area contributed by atoms with Crippen LogP contribution in [0.3, 0.4) is 0 Å². The number of carbonyl (C=O) groups is 1. The number of rotatable bonds is 2. The van der Waals surface area contributed by atoms with Crippen LogP contribution >= 0.6 is 31.9 Å². The van der Waals surface area contributed by atoms with Gasteiger partial charge in [-0.2, -0.15) is 0 Å². The third kappa shape index (κ3) is 2.53. The van der Waals surface area contributed by atoms with Crippen molar-refractivity contribution in [1.82, 2.24) is 0 Å². The Morgan fingerprint density at radius 1 is 1.00 bits per heavy atom. The van der Waals surface area contributed by atoms with E-state index in [1.807, 2.05) is 36.4 Å². The van der Waals surface area contributed by atoms with Gasteiger partial charge in [0.25, 0.3) is 0 Å². The SMILES string of the molecule is O=C(c1ccc2c(c1)COC2)c1cc(Br)ccc1Br. The Morgan fingerprint density at radius 2 is 1.79 bits per heavy atom. The summed E-state index contributed by atoms with van der Waals surface area (Å²) in [5.74, 6) is 0.0166. The minimum Gasteiger partial charge on any atom is -0.372 e. The Bertz CT molecular complexity index is 665. The first-order chi connectivity index (χ1) is 9.15. The molecule has 0 atom stereocenters. The average molecular weight is 382 g/mol. The summed E-state index contributed by atoms with van der Waals surface area (Å²) in [5.41, 5.74) is 3.64. The molecule has 0 saturated carbocycles. The summed E-state index contributed by atoms with van der Waals surface area (Å²) in [4.78, 5) is 12.5. The molecular formula is C15H10Br2O2. The number of hydrogen-bond acceptors (Lipinski definition) is 2. The normalized spacial score (nSPS) is 13.4. The number of ether oxygens (including phenoxy) is 1. The van der Waals surface area contributed by atoms with Crippen molar-refractivity contribution in [3.8, 4) is 0 Å². The highest BCUT2D eigenvalue weighted by molar-refractivity contribution is 9.11. The van der Waals surface area contributed by atoms with Crippen LogP contribution in [0.1, 0.15) is 27.0 Å². The first-order valence-corrected chi connectivity index (χ1v) is 7.43. The number of ketones is 1. The lowest BCUT2D eigenvalue weighted by Crippen LogP contribution is -2.03. The largest absolute Gasteiger partial charge is 0.372 e. The first-order valence-electron chi connectivity index (χ1n) is 5.84. The molecule has 2 aromatic rings. The van der Waals surface area contributed by atoms with E-state index in [-0.39, 0.29) is 5.78 Å². The Labute approximate surface area is 128 Å². The van der Waals surface area contributed by atoms with Gasteiger partial charge >= 0.3 is 0 Å². The second-order valence-electron chi connectivity index (χ2n) is 4.43. The molecule has 0 unspecified atom stereocenters. The third-order valence-electron chi connectivity index (χ3n) is 3.16. The minimum absolute atomic E-state index is 0.0166. The van der Waals surface area contributed by atoms with Crippen LogP contribution in [0.4, 0.5) is 0 Å². The maximum absolute atomic E-state index is 12.5. The topological polar surface area (TPSA) is 26.3 Å². The summed E-state index contributed by atoms with van der Waals surface area (Å²) in [5, 5.41) is 0. The molecule has 96 valence electrons. The summed E-state index contributed by atoms with van der Waals surface area (Å²) in [7, 11) is 0. The van der Waals surface area contributed by atoms with E-state index in [1.165, 1.54) is 5.56 Å². The van der Waals surface area contributed by atoms with E-state index >= 15 is 0 Å². The molecule has 2 aromatic carbocycles. The van der Waals surface area contributed by atoms with Crippen molar-refractivity contribution in [1.29, 1.82) is 0 Å². The molecule has 0 saturated heterocycles. The van der Waals surface area contributed by atoms with E-state index in [4.69, 9.17) is 4.74 Å². The molecule has 0 bridgehead atoms. The third-order valence-corrected chi connectivity index (χ3v) is 4.34. The highest BCUT2D eigenvalue weighted by Crippen LogP contribution is 2.26. The maximum Gasteiger partial charge on any atom is 0.194 e. The molecule has 1 aliphatic heterocycles. The van der Waals surface area contributed by atoms with Crippen molar-refractivity contribution in [2.75, 3.05) is 0 Å². The zero-order chi connectivity index (χ0) is 13.4. The van der Waals surface area contributed by atoms with Crippen molar-refractivity contribution < 1.29 is 9.53 Å². The smallest absolute Gasteiger partial charge is 0.194 e. The molecule has 0 radical (unpaired) electrons. The Balaban J connectivity index is 2.02. The molecule has 0 N–H and O–H groups in total. The standard InChI is InChI=1S/C15H10Br2O2/c16-12-3-4-14(17)13(6-12)15(18)9-1-2-10-7-19-8-11(10)5-9/h1-6H,7-8H2. The first kappa shape index (κ1) is 13.0. The van der Waals surface area contributed by atoms with E-state index in [1.54, 1.807) is 0 Å². The second-order valence-corrected chi connectivity index (χ2v) is 6.20. The fourth-order valence-corrected chi connectivity index (χ4v) is 2.93. The lowest BCUT2D eigenvalue weighted by Gasteiger charge is -2.06. The average Bonchev–Trinajstić information content (AvgIpc) is 2.88. The van der Waals surface area contributed by atoms with Crippen molar-refractivity contribution in [3.63, 3.8) is 0 Å². The zero-order valence-electron chi connectivity index (χ0n) is 9.95. The highest BCUT2D eigenvalue weighted by atomic mass is 79.9. The molecule has 1 heterocycles. The van der Waals surface area contributed by atoms with Gasteiger partial charge in [-0.25, -0.2) is 0 Å². The van der Waals surface area contributed by atoms with Crippen LogP contribution < -0.4 is 0 Å². The Morgan fingerprint density at radius 3 is 2.63 bits per heavy atom. The quantitative estimate of drug-likeness (QED) is 0.717. The number of halogens is 2. The molecule has 4 heteroatoms. The Hall–Kier alpha value is -0.970. The summed E-state index contributed by atoms with van der Waals surface area (Å²) in [6.07, 6.45) is 0. The van der Waals surface area contributed by atoms with Crippen molar-refractivity contribution >= 4 is 37.6 Å². The van der Waals surface area contributed by atoms with E-state index in [0.29, 0.717) is 24.3 Å². The molecule has 0 amide bonds. The minimum atomic E-state index is 0.0166. The molecule has 0 spiro atoms. The van der Waals surface area contributed by atoms with Crippen LogP contribution in [0.2, 0.25) is 0 Å². The van der Waals surface area contributed by atoms with Gasteiger partial charge in [-0.3, -0.25) is 4.79 Å². The Kier molecular flexibility index (Phi) is 3.56. The summed E-state index contributed by atoms with van der Waals surface area (Å²) >= 11 is 6.82. The van der Waals surface area contributed by atoms with E-state index in [9.17, 15) is 4.79 Å². The number of carbonyl (C=O) groups excluding carboxylic acids is 1. The van der Waals surface area contributed by atoms with Gasteiger partial charge in [0.15, 0.2) is 5.78 Å². The lowest BCUT2D eigenvalue weighted by molar-refractivity contribution is 0.103. The molecule has 0 aliphatic carbocycles. The van der Waals surface area contributed by atoms with Gasteiger partial charge in [-0.15, -0.1) is 0 Å². The van der Waals surface area contributed by atoms with Crippen molar-refractivity contribution in [2.24, 2.45) is 0 Å². The summed E-state index contributed by atoms with van der Waals surface area (Å²) in [6.45, 7) is 1.24. The van der Waals surface area contributed by atoms with E-state index in [2.05, 4.69) is 31.9 Å². The second kappa shape index (κ2) is 5.19. The lowest BCUT2D eigenvalue weighted by atomic mass is 9.99. The number of benzene rings is 2. The molecule has 2 nitrogen and oxygen atoms in total. The van der Waals surface area contributed by atoms with Gasteiger partial charge in [-0.05, 0) is 35.4 Å². The van der Waals surface area contributed by atoms with Crippen LogP contribution in [0.15, 0.2) is 45.3 Å². The molecule has 19 heavy (non-hydrogen) atoms. The van der Waals surface area contributed by atoms with Gasteiger partial charge in [0.1, 0.15) is 0 Å². The molecular weight excluding hydrogens is 372 g/mol. The van der Waals surface area contributed by atoms with Gasteiger partial charge in [0, 0.05) is 20.1 Å². The fourth-order valence-electron chi connectivity index (χ4n) is 2.14. The van der Waals surface area contributed by atoms with Crippen LogP contribution in [0, 0.1) is 0 Å². The van der Waals surface area contributed by atoms with Crippen LogP contribution in [0.5, 0.6) is 0 Å². The fraction of sp³-hybridized carbons (Fsp3) is 0.133. The van der Waals surface area contributed by atoms with Gasteiger partial charge < -0.3 is 4.74 Å². The number of fused-ring (bicyclic) bond motifs is 1. The van der Waals surface area contributed by atoms with Crippen LogP contribution in [0.25, 0.3) is 0 Å². The van der Waals surface area contributed by atoms with E-state index < -0.39 is 0 Å². The van der Waals surface area contributed by atoms with Gasteiger partial charge in [-0.1, -0.05) is 44.0 Å². The molecule has 0 fully saturated rings. The summed E-state index contributed by atoms with van der Waals surface area (Å²) < 4.78 is 7.07. The zero-order valence-corrected chi connectivity index (χ0v) is 13.1. The van der Waals surface area contributed by atoms with Gasteiger partial charge in [0.2, 0.25) is 0 Å². The van der Waals surface area contributed by atoms with Gasteiger partial charge in [0.05, 0.1) is 13.2 Å². The molecule has 3 rings (SSSR count). The number of hydrogen-bond donors (Lipinski definition) is 0. The predicted octanol–water partition coefficient (Wildman–Crippen LogP) is 4.47. The van der Waals surface area contributed by atoms with Crippen molar-refractivity contribution in [3.05, 3.63) is 67.6 Å². The maximum atomic E-state index is 12.5. The van der Waals surface area contributed by atoms with Crippen LogP contribution in [-0.2, 0) is 18.0 Å². The van der Waals surface area contributed by atoms with E-state index in [0.717, 1.165) is 14.5 Å². The van der Waals surface area contributed by atoms with Crippen molar-refractivity contribution in [2.45, 2.75) is 13.2 Å². The monoisotopic (exact) mass is 380 g/mol. The highest BCUT2D eigenvalue weighted by Gasteiger charge is 2.17. The molecule has 1 aliphatic rings. The van der Waals surface area contributed by atoms with Crippen LogP contribution in [-0.4, -0.2) is 5.78 Å². The predicted molar refractivity (Wildman–Crippen MR) is 80.2 cm³/mol.